The molecule has 140 valence electrons. The zero-order valence-electron chi connectivity index (χ0n) is 14.7. The number of carboxylic acids is 1. The molecular weight excluding hydrogens is 356 g/mol. The van der Waals surface area contributed by atoms with Crippen molar-refractivity contribution in [2.24, 2.45) is 0 Å². The number of sulfonamides is 1. The van der Waals surface area contributed by atoms with E-state index in [-0.39, 0.29) is 17.9 Å². The van der Waals surface area contributed by atoms with Crippen LogP contribution in [0.15, 0.2) is 53.7 Å². The second kappa shape index (κ2) is 8.77. The van der Waals surface area contributed by atoms with Crippen LogP contribution < -0.4 is 4.74 Å². The van der Waals surface area contributed by atoms with E-state index in [0.717, 1.165) is 4.31 Å². The Kier molecular flexibility index (Phi) is 6.70. The highest BCUT2D eigenvalue weighted by Gasteiger charge is 2.35. The number of carboxylic acid groups (broad SMARTS) is 1. The molecular formula is C18H22N2O5S. The quantitative estimate of drug-likeness (QED) is 0.720. The molecule has 26 heavy (non-hydrogen) atoms. The van der Waals surface area contributed by atoms with Crippen molar-refractivity contribution < 1.29 is 23.1 Å². The van der Waals surface area contributed by atoms with Crippen LogP contribution in [0.25, 0.3) is 0 Å². The molecule has 0 aliphatic rings. The number of ether oxygens (including phenoxy) is 1. The predicted molar refractivity (Wildman–Crippen MR) is 96.3 cm³/mol. The third kappa shape index (κ3) is 4.59. The average Bonchev–Trinajstić information content (AvgIpc) is 2.65. The van der Waals surface area contributed by atoms with E-state index in [9.17, 15) is 18.3 Å². The first-order valence-electron chi connectivity index (χ1n) is 8.17. The molecule has 8 heteroatoms. The summed E-state index contributed by atoms with van der Waals surface area (Å²) in [6.45, 7) is 1.75. The number of aromatic nitrogens is 1. The standard InChI is InChI=1S/C18H22N2O5S/c1-3-5-17(18(21)22)20(13-14-6-4-11-19-12-14)26(23,24)16-9-7-15(25-2)8-10-16/h4,6-12,17H,3,5,13H2,1-2H3,(H,21,22)/t17-/m0/s1. The minimum atomic E-state index is -4.02. The fourth-order valence-electron chi connectivity index (χ4n) is 2.58. The highest BCUT2D eigenvalue weighted by atomic mass is 32.2. The summed E-state index contributed by atoms with van der Waals surface area (Å²) in [4.78, 5) is 15.8. The van der Waals surface area contributed by atoms with Gasteiger partial charge < -0.3 is 9.84 Å². The topological polar surface area (TPSA) is 96.8 Å². The first-order valence-corrected chi connectivity index (χ1v) is 9.61. The number of hydrogen-bond acceptors (Lipinski definition) is 5. The van der Waals surface area contributed by atoms with Gasteiger partial charge >= 0.3 is 5.97 Å². The summed E-state index contributed by atoms with van der Waals surface area (Å²) < 4.78 is 32.4. The lowest BCUT2D eigenvalue weighted by atomic mass is 10.1. The Bertz CT molecular complexity index is 822. The first-order chi connectivity index (χ1) is 12.4. The smallest absolute Gasteiger partial charge is 0.322 e. The van der Waals surface area contributed by atoms with Crippen LogP contribution in [0, 0.1) is 0 Å². The van der Waals surface area contributed by atoms with Gasteiger partial charge in [0.05, 0.1) is 12.0 Å². The van der Waals surface area contributed by atoms with E-state index in [1.165, 1.54) is 37.6 Å². The molecule has 0 fully saturated rings. The number of pyridine rings is 1. The van der Waals surface area contributed by atoms with Crippen LogP contribution in [0.2, 0.25) is 0 Å². The van der Waals surface area contributed by atoms with Crippen molar-refractivity contribution >= 4 is 16.0 Å². The normalized spacial score (nSPS) is 12.7. The van der Waals surface area contributed by atoms with Crippen LogP contribution in [-0.2, 0) is 21.4 Å². The van der Waals surface area contributed by atoms with Crippen LogP contribution >= 0.6 is 0 Å². The molecule has 0 radical (unpaired) electrons. The van der Waals surface area contributed by atoms with Crippen molar-refractivity contribution in [2.75, 3.05) is 7.11 Å². The van der Waals surface area contributed by atoms with Gasteiger partial charge in [-0.3, -0.25) is 9.78 Å². The Morgan fingerprint density at radius 3 is 2.46 bits per heavy atom. The van der Waals surface area contributed by atoms with E-state index < -0.39 is 22.0 Å². The summed E-state index contributed by atoms with van der Waals surface area (Å²) in [5.41, 5.74) is 0.618. The SMILES string of the molecule is CCC[C@@H](C(=O)O)N(Cc1cccnc1)S(=O)(=O)c1ccc(OC)cc1. The molecule has 1 atom stereocenters. The molecule has 0 bridgehead atoms. The second-order valence-corrected chi connectivity index (χ2v) is 7.62. The number of hydrogen-bond donors (Lipinski definition) is 1. The number of aliphatic carboxylic acids is 1. The molecule has 0 unspecified atom stereocenters. The van der Waals surface area contributed by atoms with Crippen molar-refractivity contribution in [3.05, 3.63) is 54.4 Å². The van der Waals surface area contributed by atoms with E-state index in [0.29, 0.717) is 17.7 Å². The van der Waals surface area contributed by atoms with E-state index >= 15 is 0 Å². The summed E-state index contributed by atoms with van der Waals surface area (Å²) in [5, 5.41) is 9.60. The number of rotatable bonds is 9. The van der Waals surface area contributed by atoms with Crippen LogP contribution in [0.1, 0.15) is 25.3 Å². The average molecular weight is 378 g/mol. The van der Waals surface area contributed by atoms with Gasteiger partial charge in [-0.2, -0.15) is 4.31 Å². The Balaban J connectivity index is 2.47. The molecule has 0 aliphatic heterocycles. The third-order valence-electron chi connectivity index (χ3n) is 3.92. The summed E-state index contributed by atoms with van der Waals surface area (Å²) in [6, 6.07) is 8.13. The Morgan fingerprint density at radius 1 is 1.27 bits per heavy atom. The molecule has 7 nitrogen and oxygen atoms in total. The van der Waals surface area contributed by atoms with Gasteiger partial charge in [0.1, 0.15) is 11.8 Å². The molecule has 1 aromatic heterocycles. The zero-order valence-corrected chi connectivity index (χ0v) is 15.5. The lowest BCUT2D eigenvalue weighted by Crippen LogP contribution is -2.44. The maximum Gasteiger partial charge on any atom is 0.322 e. The van der Waals surface area contributed by atoms with Gasteiger partial charge in [-0.15, -0.1) is 0 Å². The Morgan fingerprint density at radius 2 is 1.96 bits per heavy atom. The molecule has 0 amide bonds. The Hall–Kier alpha value is -2.45. The van der Waals surface area contributed by atoms with Crippen LogP contribution in [0.3, 0.4) is 0 Å². The fraction of sp³-hybridized carbons (Fsp3) is 0.333. The van der Waals surface area contributed by atoms with E-state index in [1.807, 2.05) is 6.92 Å². The molecule has 1 N–H and O–H groups in total. The predicted octanol–water partition coefficient (Wildman–Crippen LogP) is 2.53. The van der Waals surface area contributed by atoms with E-state index in [2.05, 4.69) is 4.98 Å². The van der Waals surface area contributed by atoms with E-state index in [1.54, 1.807) is 18.3 Å². The van der Waals surface area contributed by atoms with Crippen molar-refractivity contribution in [3.63, 3.8) is 0 Å². The molecule has 1 aromatic carbocycles. The molecule has 0 aliphatic carbocycles. The maximum atomic E-state index is 13.2. The van der Waals surface area contributed by atoms with Crippen LogP contribution in [0.5, 0.6) is 5.75 Å². The largest absolute Gasteiger partial charge is 0.497 e. The van der Waals surface area contributed by atoms with Crippen molar-refractivity contribution in [1.29, 1.82) is 0 Å². The van der Waals surface area contributed by atoms with Gasteiger partial charge in [-0.1, -0.05) is 19.4 Å². The number of benzene rings is 1. The van der Waals surface area contributed by atoms with Crippen molar-refractivity contribution in [3.8, 4) is 5.75 Å². The number of carbonyl (C=O) groups is 1. The number of methoxy groups -OCH3 is 1. The second-order valence-electron chi connectivity index (χ2n) is 5.73. The summed E-state index contributed by atoms with van der Waals surface area (Å²) in [7, 11) is -2.54. The molecule has 0 saturated carbocycles. The molecule has 0 spiro atoms. The Labute approximate surface area is 153 Å². The monoisotopic (exact) mass is 378 g/mol. The lowest BCUT2D eigenvalue weighted by Gasteiger charge is -2.28. The van der Waals surface area contributed by atoms with Gasteiger partial charge in [0.25, 0.3) is 0 Å². The van der Waals surface area contributed by atoms with E-state index in [4.69, 9.17) is 4.74 Å². The summed E-state index contributed by atoms with van der Waals surface area (Å²) >= 11 is 0. The summed E-state index contributed by atoms with van der Waals surface area (Å²) in [5.74, 6) is -0.654. The van der Waals surface area contributed by atoms with Crippen molar-refractivity contribution in [2.45, 2.75) is 37.2 Å². The first kappa shape index (κ1) is 19.9. The lowest BCUT2D eigenvalue weighted by molar-refractivity contribution is -0.141. The van der Waals surface area contributed by atoms with Gasteiger partial charge in [-0.05, 0) is 42.3 Å². The zero-order chi connectivity index (χ0) is 19.2. The van der Waals surface area contributed by atoms with Gasteiger partial charge in [0.15, 0.2) is 0 Å². The molecule has 2 rings (SSSR count). The minimum Gasteiger partial charge on any atom is -0.497 e. The minimum absolute atomic E-state index is 0.0181. The molecule has 1 heterocycles. The highest BCUT2D eigenvalue weighted by Crippen LogP contribution is 2.25. The van der Waals surface area contributed by atoms with Gasteiger partial charge in [0.2, 0.25) is 10.0 Å². The third-order valence-corrected chi connectivity index (χ3v) is 5.79. The molecule has 2 aromatic rings. The maximum absolute atomic E-state index is 13.2. The summed E-state index contributed by atoms with van der Waals surface area (Å²) in [6.07, 6.45) is 3.86. The van der Waals surface area contributed by atoms with Gasteiger partial charge in [0, 0.05) is 18.9 Å². The highest BCUT2D eigenvalue weighted by molar-refractivity contribution is 7.89. The van der Waals surface area contributed by atoms with Gasteiger partial charge in [-0.25, -0.2) is 8.42 Å². The number of nitrogens with zero attached hydrogens (tertiary/aromatic N) is 2. The fourth-order valence-corrected chi connectivity index (χ4v) is 4.18. The molecule has 0 saturated heterocycles. The van der Waals surface area contributed by atoms with Crippen LogP contribution in [-0.4, -0.2) is 41.9 Å². The van der Waals surface area contributed by atoms with Crippen LogP contribution in [0.4, 0.5) is 0 Å². The van der Waals surface area contributed by atoms with Crippen molar-refractivity contribution in [1.82, 2.24) is 9.29 Å².